The fourth-order valence-corrected chi connectivity index (χ4v) is 3.33. The Morgan fingerprint density at radius 2 is 2.12 bits per heavy atom. The van der Waals surface area contributed by atoms with Gasteiger partial charge in [0.05, 0.1) is 6.54 Å². The van der Waals surface area contributed by atoms with E-state index in [0.29, 0.717) is 17.5 Å². The van der Waals surface area contributed by atoms with Gasteiger partial charge in [0.1, 0.15) is 5.01 Å². The van der Waals surface area contributed by atoms with E-state index < -0.39 is 11.9 Å². The van der Waals surface area contributed by atoms with Crippen LogP contribution in [-0.2, 0) is 19.1 Å². The summed E-state index contributed by atoms with van der Waals surface area (Å²) in [5.74, 6) is 0.672. The lowest BCUT2D eigenvalue weighted by molar-refractivity contribution is -0.140. The number of guanidine groups is 1. The second kappa shape index (κ2) is 8.35. The second-order valence-corrected chi connectivity index (χ2v) is 6.27. The molecule has 1 aliphatic rings. The zero-order valence-electron chi connectivity index (χ0n) is 13.5. The Hall–Kier alpha value is -1.36. The lowest BCUT2D eigenvalue weighted by Gasteiger charge is -2.22. The molecular formula is C16H18F3IN4S. The Kier molecular flexibility index (Phi) is 6.66. The number of halogens is 4. The molecule has 0 atom stereocenters. The summed E-state index contributed by atoms with van der Waals surface area (Å²) in [7, 11) is 0. The molecule has 0 unspecified atom stereocenters. The minimum Gasteiger partial charge on any atom is -0.356 e. The van der Waals surface area contributed by atoms with Gasteiger partial charge in [0.25, 0.3) is 0 Å². The van der Waals surface area contributed by atoms with Crippen molar-refractivity contribution in [1.29, 1.82) is 0 Å². The third-order valence-electron chi connectivity index (χ3n) is 3.68. The Morgan fingerprint density at radius 3 is 2.80 bits per heavy atom. The average molecular weight is 482 g/mol. The topological polar surface area (TPSA) is 40.5 Å². The fraction of sp³-hybridized carbons (Fsp3) is 0.375. The Morgan fingerprint density at radius 1 is 1.36 bits per heavy atom. The Labute approximate surface area is 165 Å². The number of nitrogens with one attached hydrogen (secondary N) is 1. The van der Waals surface area contributed by atoms with E-state index >= 15 is 0 Å². The molecule has 136 valence electrons. The van der Waals surface area contributed by atoms with Crippen molar-refractivity contribution in [2.75, 3.05) is 18.0 Å². The van der Waals surface area contributed by atoms with Crippen molar-refractivity contribution >= 4 is 47.0 Å². The number of fused-ring (bicyclic) bond motifs is 1. The van der Waals surface area contributed by atoms with E-state index in [9.17, 15) is 13.2 Å². The van der Waals surface area contributed by atoms with Crippen molar-refractivity contribution in [3.8, 4) is 0 Å². The van der Waals surface area contributed by atoms with Gasteiger partial charge in [-0.15, -0.1) is 35.3 Å². The number of alkyl halides is 3. The smallest absolute Gasteiger partial charge is 0.356 e. The summed E-state index contributed by atoms with van der Waals surface area (Å²) >= 11 is 0.980. The second-order valence-electron chi connectivity index (χ2n) is 5.32. The molecule has 1 aromatic heterocycles. The first-order valence-electron chi connectivity index (χ1n) is 7.64. The highest BCUT2D eigenvalue weighted by Crippen LogP contribution is 2.30. The number of nitrogens with zero attached hydrogens (tertiary/aromatic N) is 3. The van der Waals surface area contributed by atoms with E-state index in [1.54, 1.807) is 0 Å². The molecule has 0 amide bonds. The Bertz CT molecular complexity index is 745. The standard InChI is InChI=1S/C16H17F3N4S.HI/c1-2-20-15(23-8-7-11-5-3-4-6-12(11)23)21-9-14-22-13(10-24-14)16(17,18)19;/h3-6,10H,2,7-9H2,1H3,(H,20,21);1H. The van der Waals surface area contributed by atoms with Crippen LogP contribution in [-0.4, -0.2) is 24.0 Å². The number of benzene rings is 1. The molecule has 2 aromatic rings. The molecule has 4 nitrogen and oxygen atoms in total. The van der Waals surface area contributed by atoms with E-state index in [-0.39, 0.29) is 30.5 Å². The maximum absolute atomic E-state index is 12.6. The maximum Gasteiger partial charge on any atom is 0.434 e. The summed E-state index contributed by atoms with van der Waals surface area (Å²) in [5, 5.41) is 4.59. The fourth-order valence-electron chi connectivity index (χ4n) is 2.61. The van der Waals surface area contributed by atoms with Crippen LogP contribution in [0.5, 0.6) is 0 Å². The number of aliphatic imine (C=N–C) groups is 1. The van der Waals surface area contributed by atoms with Crippen LogP contribution in [0, 0.1) is 0 Å². The SMILES string of the molecule is CCNC(=NCc1nc(C(F)(F)F)cs1)N1CCc2ccccc21.I. The summed E-state index contributed by atoms with van der Waals surface area (Å²) in [5.41, 5.74) is 1.48. The minimum atomic E-state index is -4.41. The molecule has 0 saturated carbocycles. The lowest BCUT2D eigenvalue weighted by atomic mass is 10.2. The third-order valence-corrected chi connectivity index (χ3v) is 4.52. The Balaban J connectivity index is 0.00000225. The highest BCUT2D eigenvalue weighted by Gasteiger charge is 2.33. The number of rotatable bonds is 3. The normalized spacial score (nSPS) is 14.2. The quantitative estimate of drug-likeness (QED) is 0.403. The van der Waals surface area contributed by atoms with Gasteiger partial charge in [-0.05, 0) is 25.0 Å². The van der Waals surface area contributed by atoms with Crippen LogP contribution in [0.4, 0.5) is 18.9 Å². The predicted molar refractivity (Wildman–Crippen MR) is 105 cm³/mol. The van der Waals surface area contributed by atoms with Gasteiger partial charge in [0.2, 0.25) is 0 Å². The molecule has 1 N–H and O–H groups in total. The molecule has 9 heteroatoms. The van der Waals surface area contributed by atoms with Crippen LogP contribution in [0.1, 0.15) is 23.2 Å². The lowest BCUT2D eigenvalue weighted by Crippen LogP contribution is -2.40. The highest BCUT2D eigenvalue weighted by atomic mass is 127. The van der Waals surface area contributed by atoms with E-state index in [1.165, 1.54) is 5.56 Å². The summed E-state index contributed by atoms with van der Waals surface area (Å²) in [6, 6.07) is 8.08. The first-order valence-corrected chi connectivity index (χ1v) is 8.52. The molecular weight excluding hydrogens is 464 g/mol. The van der Waals surface area contributed by atoms with Gasteiger partial charge < -0.3 is 10.2 Å². The van der Waals surface area contributed by atoms with Crippen molar-refractivity contribution in [1.82, 2.24) is 10.3 Å². The average Bonchev–Trinajstić information content (AvgIpc) is 3.18. The molecule has 0 aliphatic carbocycles. The molecule has 3 rings (SSSR count). The van der Waals surface area contributed by atoms with E-state index in [1.807, 2.05) is 25.1 Å². The molecule has 0 spiro atoms. The van der Waals surface area contributed by atoms with Crippen LogP contribution in [0.25, 0.3) is 0 Å². The van der Waals surface area contributed by atoms with E-state index in [2.05, 4.69) is 26.3 Å². The monoisotopic (exact) mass is 482 g/mol. The molecule has 25 heavy (non-hydrogen) atoms. The summed E-state index contributed by atoms with van der Waals surface area (Å²) < 4.78 is 37.9. The number of anilines is 1. The molecule has 0 fully saturated rings. The molecule has 0 saturated heterocycles. The van der Waals surface area contributed by atoms with Crippen molar-refractivity contribution in [3.05, 3.63) is 45.9 Å². The number of thiazole rings is 1. The first-order chi connectivity index (χ1) is 11.5. The van der Waals surface area contributed by atoms with Gasteiger partial charge in [-0.1, -0.05) is 18.2 Å². The zero-order valence-corrected chi connectivity index (χ0v) is 16.7. The van der Waals surface area contributed by atoms with Gasteiger partial charge in [0.15, 0.2) is 11.7 Å². The van der Waals surface area contributed by atoms with Gasteiger partial charge in [-0.2, -0.15) is 13.2 Å². The molecule has 2 heterocycles. The van der Waals surface area contributed by atoms with Crippen molar-refractivity contribution < 1.29 is 13.2 Å². The van der Waals surface area contributed by atoms with Gasteiger partial charge in [-0.3, -0.25) is 0 Å². The number of aromatic nitrogens is 1. The van der Waals surface area contributed by atoms with Crippen molar-refractivity contribution in [3.63, 3.8) is 0 Å². The van der Waals surface area contributed by atoms with Crippen LogP contribution in [0.15, 0.2) is 34.6 Å². The molecule has 0 radical (unpaired) electrons. The molecule has 1 aliphatic heterocycles. The van der Waals surface area contributed by atoms with Crippen molar-refractivity contribution in [2.45, 2.75) is 26.1 Å². The van der Waals surface area contributed by atoms with Gasteiger partial charge in [0, 0.05) is 24.2 Å². The third kappa shape index (κ3) is 4.63. The van der Waals surface area contributed by atoms with Gasteiger partial charge >= 0.3 is 6.18 Å². The summed E-state index contributed by atoms with van der Waals surface area (Å²) in [4.78, 5) is 10.2. The number of hydrogen-bond acceptors (Lipinski definition) is 3. The number of para-hydroxylation sites is 1. The minimum absolute atomic E-state index is 0. The predicted octanol–water partition coefficient (Wildman–Crippen LogP) is 4.31. The largest absolute Gasteiger partial charge is 0.434 e. The summed E-state index contributed by atoms with van der Waals surface area (Å²) in [6.07, 6.45) is -3.48. The highest BCUT2D eigenvalue weighted by molar-refractivity contribution is 14.0. The zero-order chi connectivity index (χ0) is 17.2. The van der Waals surface area contributed by atoms with E-state index in [4.69, 9.17) is 0 Å². The first kappa shape index (κ1) is 20.0. The van der Waals surface area contributed by atoms with Gasteiger partial charge in [-0.25, -0.2) is 9.98 Å². The van der Waals surface area contributed by atoms with Crippen LogP contribution >= 0.6 is 35.3 Å². The van der Waals surface area contributed by atoms with E-state index in [0.717, 1.165) is 35.4 Å². The van der Waals surface area contributed by atoms with Crippen LogP contribution in [0.2, 0.25) is 0 Å². The van der Waals surface area contributed by atoms with Crippen LogP contribution < -0.4 is 10.2 Å². The maximum atomic E-state index is 12.6. The number of hydrogen-bond donors (Lipinski definition) is 1. The molecule has 1 aromatic carbocycles. The van der Waals surface area contributed by atoms with Crippen LogP contribution in [0.3, 0.4) is 0 Å². The van der Waals surface area contributed by atoms with Crippen molar-refractivity contribution in [2.24, 2.45) is 4.99 Å². The molecule has 0 bridgehead atoms. The summed E-state index contributed by atoms with van der Waals surface area (Å²) in [6.45, 7) is 3.57.